The molecule has 0 saturated heterocycles. The highest BCUT2D eigenvalue weighted by atomic mass is 32.2. The maximum absolute atomic E-state index is 12.9. The highest BCUT2D eigenvalue weighted by Gasteiger charge is 2.16. The van der Waals surface area contributed by atoms with Crippen molar-refractivity contribution in [2.45, 2.75) is 17.0 Å². The predicted octanol–water partition coefficient (Wildman–Crippen LogP) is 2.97. The van der Waals surface area contributed by atoms with E-state index in [1.807, 2.05) is 6.92 Å². The van der Waals surface area contributed by atoms with Crippen LogP contribution in [0.25, 0.3) is 5.78 Å². The lowest BCUT2D eigenvalue weighted by molar-refractivity contribution is 0.101. The third-order valence-corrected chi connectivity index (χ3v) is 5.58. The lowest BCUT2D eigenvalue weighted by Crippen LogP contribution is -2.13. The van der Waals surface area contributed by atoms with Crippen molar-refractivity contribution in [3.8, 4) is 0 Å². The van der Waals surface area contributed by atoms with Crippen LogP contribution < -0.4 is 5.32 Å². The van der Waals surface area contributed by atoms with Gasteiger partial charge >= 0.3 is 0 Å². The van der Waals surface area contributed by atoms with Crippen LogP contribution in [0.5, 0.6) is 0 Å². The first-order valence-electron chi connectivity index (χ1n) is 7.79. The fourth-order valence-electron chi connectivity index (χ4n) is 2.20. The first kappa shape index (κ1) is 17.5. The summed E-state index contributed by atoms with van der Waals surface area (Å²) in [6, 6.07) is 8.05. The van der Waals surface area contributed by atoms with Crippen LogP contribution in [0.2, 0.25) is 0 Å². The van der Waals surface area contributed by atoms with Gasteiger partial charge in [0.15, 0.2) is 4.34 Å². The van der Waals surface area contributed by atoms with Crippen molar-refractivity contribution < 1.29 is 9.18 Å². The smallest absolute Gasteiger partial charge is 0.294 e. The Balaban J connectivity index is 1.41. The highest BCUT2D eigenvalue weighted by Crippen LogP contribution is 2.28. The molecule has 0 atom stereocenters. The molecule has 1 N–H and O–H groups in total. The van der Waals surface area contributed by atoms with Crippen LogP contribution in [0.1, 0.15) is 21.9 Å². The second-order valence-electron chi connectivity index (χ2n) is 5.48. The quantitative estimate of drug-likeness (QED) is 0.405. The first-order chi connectivity index (χ1) is 13.1. The summed E-state index contributed by atoms with van der Waals surface area (Å²) in [6.07, 6.45) is 1.61. The molecule has 0 aliphatic carbocycles. The summed E-state index contributed by atoms with van der Waals surface area (Å²) in [6.45, 7) is 1.85. The Morgan fingerprint density at radius 3 is 2.85 bits per heavy atom. The number of halogens is 1. The fraction of sp³-hybridized carbons (Fsp3) is 0.125. The SMILES string of the molecule is Cc1ccnc2nc(C(=O)Nc3nnc(SCc4ccc(F)cc4)s3)nn12. The average molecular weight is 401 g/mol. The van der Waals surface area contributed by atoms with Crippen LogP contribution in [0, 0.1) is 12.7 Å². The summed E-state index contributed by atoms with van der Waals surface area (Å²) in [5.41, 5.74) is 1.79. The van der Waals surface area contributed by atoms with Crippen LogP contribution in [0.4, 0.5) is 9.52 Å². The average Bonchev–Trinajstić information content (AvgIpc) is 3.29. The molecule has 0 spiro atoms. The van der Waals surface area contributed by atoms with Crippen LogP contribution >= 0.6 is 23.1 Å². The lowest BCUT2D eigenvalue weighted by Gasteiger charge is -1.98. The van der Waals surface area contributed by atoms with Gasteiger partial charge in [-0.1, -0.05) is 35.2 Å². The molecular formula is C16H12FN7OS2. The van der Waals surface area contributed by atoms with E-state index in [0.29, 0.717) is 21.0 Å². The van der Waals surface area contributed by atoms with Crippen LogP contribution in [0.3, 0.4) is 0 Å². The number of anilines is 1. The minimum absolute atomic E-state index is 0.00696. The van der Waals surface area contributed by atoms with Crippen LogP contribution in [0.15, 0.2) is 40.9 Å². The molecule has 27 heavy (non-hydrogen) atoms. The molecule has 0 radical (unpaired) electrons. The standard InChI is InChI=1S/C16H12FN7OS2/c1-9-6-7-18-14-19-12(23-24(9)14)13(25)20-15-21-22-16(27-15)26-8-10-2-4-11(17)5-3-10/h2-7H,8H2,1H3,(H,20,21,25). The molecule has 0 fully saturated rings. The molecule has 11 heteroatoms. The van der Waals surface area contributed by atoms with Gasteiger partial charge in [0, 0.05) is 17.6 Å². The molecule has 4 rings (SSSR count). The van der Waals surface area contributed by atoms with E-state index in [1.165, 1.54) is 39.7 Å². The van der Waals surface area contributed by atoms with Crippen molar-refractivity contribution in [3.05, 3.63) is 59.4 Å². The van der Waals surface area contributed by atoms with Gasteiger partial charge < -0.3 is 0 Å². The summed E-state index contributed by atoms with van der Waals surface area (Å²) in [5.74, 6) is 0.240. The summed E-state index contributed by atoms with van der Waals surface area (Å²) in [5, 5.41) is 15.1. The van der Waals surface area contributed by atoms with Gasteiger partial charge in [-0.25, -0.2) is 13.9 Å². The van der Waals surface area contributed by atoms with Gasteiger partial charge in [-0.15, -0.1) is 15.3 Å². The Hall–Kier alpha value is -2.92. The molecule has 4 aromatic rings. The highest BCUT2D eigenvalue weighted by molar-refractivity contribution is 8.00. The van der Waals surface area contributed by atoms with Gasteiger partial charge in [0.2, 0.25) is 11.0 Å². The molecule has 0 aliphatic rings. The summed E-state index contributed by atoms with van der Waals surface area (Å²) >= 11 is 2.70. The number of fused-ring (bicyclic) bond motifs is 1. The van der Waals surface area contributed by atoms with E-state index in [1.54, 1.807) is 24.4 Å². The van der Waals surface area contributed by atoms with Gasteiger partial charge in [0.1, 0.15) is 5.82 Å². The van der Waals surface area contributed by atoms with Gasteiger partial charge in [-0.05, 0) is 30.7 Å². The Morgan fingerprint density at radius 2 is 2.07 bits per heavy atom. The maximum Gasteiger partial charge on any atom is 0.297 e. The van der Waals surface area contributed by atoms with E-state index in [4.69, 9.17) is 0 Å². The number of rotatable bonds is 5. The third kappa shape index (κ3) is 3.93. The topological polar surface area (TPSA) is 98.0 Å². The van der Waals surface area contributed by atoms with Gasteiger partial charge in [-0.3, -0.25) is 10.1 Å². The van der Waals surface area contributed by atoms with Crippen molar-refractivity contribution in [2.24, 2.45) is 0 Å². The van der Waals surface area contributed by atoms with Gasteiger partial charge in [0.05, 0.1) is 0 Å². The van der Waals surface area contributed by atoms with E-state index in [2.05, 4.69) is 30.6 Å². The normalized spacial score (nSPS) is 11.0. The molecule has 1 amide bonds. The Kier molecular flexibility index (Phi) is 4.77. The summed E-state index contributed by atoms with van der Waals surface area (Å²) in [4.78, 5) is 20.5. The van der Waals surface area contributed by atoms with Crippen LogP contribution in [-0.2, 0) is 5.75 Å². The zero-order chi connectivity index (χ0) is 18.8. The molecule has 0 saturated carbocycles. The molecule has 1 aromatic carbocycles. The third-order valence-electron chi connectivity index (χ3n) is 3.54. The van der Waals surface area contributed by atoms with E-state index in [0.717, 1.165) is 11.3 Å². The van der Waals surface area contributed by atoms with Crippen LogP contribution in [-0.4, -0.2) is 35.7 Å². The van der Waals surface area contributed by atoms with Crippen molar-refractivity contribution in [3.63, 3.8) is 0 Å². The zero-order valence-electron chi connectivity index (χ0n) is 14.0. The monoisotopic (exact) mass is 401 g/mol. The largest absolute Gasteiger partial charge is 0.297 e. The molecule has 3 aromatic heterocycles. The lowest BCUT2D eigenvalue weighted by atomic mass is 10.2. The van der Waals surface area contributed by atoms with Gasteiger partial charge in [0.25, 0.3) is 11.7 Å². The Labute approximate surface area is 160 Å². The molecule has 136 valence electrons. The second kappa shape index (κ2) is 7.37. The van der Waals surface area contributed by atoms with Gasteiger partial charge in [-0.2, -0.15) is 4.98 Å². The number of nitrogens with zero attached hydrogens (tertiary/aromatic N) is 6. The Morgan fingerprint density at radius 1 is 1.26 bits per heavy atom. The molecule has 0 unspecified atom stereocenters. The van der Waals surface area contributed by atoms with Crippen molar-refractivity contribution >= 4 is 39.9 Å². The number of carbonyl (C=O) groups is 1. The number of thioether (sulfide) groups is 1. The number of amides is 1. The second-order valence-corrected chi connectivity index (χ2v) is 7.68. The summed E-state index contributed by atoms with van der Waals surface area (Å²) < 4.78 is 15.1. The molecule has 0 aliphatic heterocycles. The first-order valence-corrected chi connectivity index (χ1v) is 9.59. The Bertz CT molecular complexity index is 1110. The molecular weight excluding hydrogens is 389 g/mol. The van der Waals surface area contributed by atoms with E-state index < -0.39 is 5.91 Å². The molecule has 3 heterocycles. The number of carbonyl (C=O) groups excluding carboxylic acids is 1. The zero-order valence-corrected chi connectivity index (χ0v) is 15.6. The summed E-state index contributed by atoms with van der Waals surface area (Å²) in [7, 11) is 0. The minimum Gasteiger partial charge on any atom is -0.294 e. The number of hydrogen-bond donors (Lipinski definition) is 1. The number of aryl methyl sites for hydroxylation is 1. The molecule has 0 bridgehead atoms. The number of hydrogen-bond acceptors (Lipinski definition) is 8. The number of nitrogens with one attached hydrogen (secondary N) is 1. The number of aromatic nitrogens is 6. The molecule has 8 nitrogen and oxygen atoms in total. The van der Waals surface area contributed by atoms with E-state index in [9.17, 15) is 9.18 Å². The minimum atomic E-state index is -0.480. The fourth-order valence-corrected chi connectivity index (χ4v) is 3.90. The number of benzene rings is 1. The van der Waals surface area contributed by atoms with E-state index in [-0.39, 0.29) is 11.6 Å². The predicted molar refractivity (Wildman–Crippen MR) is 99.3 cm³/mol. The van der Waals surface area contributed by atoms with Crippen molar-refractivity contribution in [2.75, 3.05) is 5.32 Å². The van der Waals surface area contributed by atoms with E-state index >= 15 is 0 Å². The van der Waals surface area contributed by atoms with Crippen molar-refractivity contribution in [1.82, 2.24) is 29.8 Å². The maximum atomic E-state index is 12.9. The van der Waals surface area contributed by atoms with Crippen molar-refractivity contribution in [1.29, 1.82) is 0 Å².